The molecule has 142 valence electrons. The Bertz CT molecular complexity index is 956. The van der Waals surface area contributed by atoms with Crippen molar-refractivity contribution in [2.24, 2.45) is 5.73 Å². The molecule has 0 fully saturated rings. The number of benzene rings is 2. The number of quaternary nitrogens is 1. The fraction of sp³-hybridized carbons (Fsp3) is 0.200. The predicted octanol–water partition coefficient (Wildman–Crippen LogP) is 4.11. The molecule has 1 aliphatic heterocycles. The van der Waals surface area contributed by atoms with Gasteiger partial charge in [0.1, 0.15) is 17.7 Å². The Balaban J connectivity index is 2.04. The first-order chi connectivity index (χ1) is 12.9. The Morgan fingerprint density at radius 2 is 1.70 bits per heavy atom. The number of nitrogens with zero attached hydrogens (tertiary/aromatic N) is 1. The van der Waals surface area contributed by atoms with E-state index >= 15 is 0 Å². The number of hydrogen-bond acceptors (Lipinski definition) is 4. The van der Waals surface area contributed by atoms with Crippen molar-refractivity contribution in [3.63, 3.8) is 0 Å². The van der Waals surface area contributed by atoms with Gasteiger partial charge < -0.3 is 10.5 Å². The van der Waals surface area contributed by atoms with E-state index < -0.39 is 19.4 Å². The Morgan fingerprint density at radius 1 is 1.07 bits per heavy atom. The molecule has 2 unspecified atom stereocenters. The van der Waals surface area contributed by atoms with Crippen molar-refractivity contribution in [1.29, 1.82) is 0 Å². The van der Waals surface area contributed by atoms with E-state index in [1.165, 1.54) is 0 Å². The summed E-state index contributed by atoms with van der Waals surface area (Å²) < 4.78 is 31.4. The van der Waals surface area contributed by atoms with Crippen molar-refractivity contribution in [2.75, 3.05) is 12.3 Å². The second kappa shape index (κ2) is 7.86. The van der Waals surface area contributed by atoms with Gasteiger partial charge in [-0.15, -0.1) is 3.89 Å². The van der Waals surface area contributed by atoms with Crippen molar-refractivity contribution in [1.82, 2.24) is 3.89 Å². The lowest BCUT2D eigenvalue weighted by Gasteiger charge is -2.37. The van der Waals surface area contributed by atoms with Crippen LogP contribution in [0.1, 0.15) is 6.92 Å². The number of rotatable bonds is 6. The molecule has 0 saturated heterocycles. The molecule has 1 heterocycles. The number of ether oxygens (including phenoxy) is 1. The molecule has 3 rings (SSSR count). The van der Waals surface area contributed by atoms with Crippen LogP contribution in [0.4, 0.5) is 5.69 Å². The van der Waals surface area contributed by atoms with Crippen LogP contribution in [0.25, 0.3) is 0 Å². The van der Waals surface area contributed by atoms with E-state index in [0.29, 0.717) is 22.8 Å². The molecule has 1 aliphatic rings. The van der Waals surface area contributed by atoms with E-state index in [1.807, 2.05) is 30.3 Å². The SMILES string of the molecule is CCS(=O)(=O)[N+]1(c2ccc(Oc3ccccc3)cc2)C=C(CN)C=CC1Cl. The highest BCUT2D eigenvalue weighted by Gasteiger charge is 2.48. The summed E-state index contributed by atoms with van der Waals surface area (Å²) in [5.74, 6) is 1.26. The Labute approximate surface area is 165 Å². The van der Waals surface area contributed by atoms with Crippen LogP contribution in [-0.2, 0) is 10.0 Å². The van der Waals surface area contributed by atoms with Gasteiger partial charge in [-0.3, -0.25) is 0 Å². The first kappa shape index (κ1) is 19.6. The lowest BCUT2D eigenvalue weighted by atomic mass is 10.2. The third-order valence-corrected chi connectivity index (χ3v) is 7.24. The van der Waals surface area contributed by atoms with Crippen molar-refractivity contribution >= 4 is 27.3 Å². The number of alkyl halides is 1. The van der Waals surface area contributed by atoms with Crippen LogP contribution < -0.4 is 14.4 Å². The molecular formula is C20H22ClN2O3S+. The maximum absolute atomic E-state index is 13.1. The minimum Gasteiger partial charge on any atom is -0.457 e. The number of hydrogen-bond donors (Lipinski definition) is 1. The molecule has 2 aromatic carbocycles. The predicted molar refractivity (Wildman–Crippen MR) is 110 cm³/mol. The molecule has 0 aromatic heterocycles. The number of halogens is 1. The molecule has 0 saturated carbocycles. The molecule has 5 nitrogen and oxygen atoms in total. The zero-order valence-corrected chi connectivity index (χ0v) is 16.5. The summed E-state index contributed by atoms with van der Waals surface area (Å²) in [7, 11) is -3.62. The second-order valence-corrected chi connectivity index (χ2v) is 8.92. The van der Waals surface area contributed by atoms with Gasteiger partial charge in [0.2, 0.25) is 5.50 Å². The molecule has 27 heavy (non-hydrogen) atoms. The average Bonchev–Trinajstić information content (AvgIpc) is 2.70. The van der Waals surface area contributed by atoms with E-state index in [1.54, 1.807) is 49.5 Å². The normalized spacial score (nSPS) is 22.3. The van der Waals surface area contributed by atoms with Crippen LogP contribution in [0.3, 0.4) is 0 Å². The summed E-state index contributed by atoms with van der Waals surface area (Å²) >= 11 is 6.52. The average molecular weight is 406 g/mol. The molecule has 0 amide bonds. The van der Waals surface area contributed by atoms with Crippen molar-refractivity contribution < 1.29 is 13.2 Å². The Hall–Kier alpha value is -2.12. The largest absolute Gasteiger partial charge is 0.457 e. The first-order valence-corrected chi connectivity index (χ1v) is 10.7. The third-order valence-electron chi connectivity index (χ3n) is 4.47. The van der Waals surface area contributed by atoms with Crippen molar-refractivity contribution in [3.8, 4) is 11.5 Å². The van der Waals surface area contributed by atoms with Crippen LogP contribution in [0, 0.1) is 0 Å². The summed E-state index contributed by atoms with van der Waals surface area (Å²) in [5, 5.41) is 0. The van der Waals surface area contributed by atoms with Gasteiger partial charge in [-0.05, 0) is 43.3 Å². The summed E-state index contributed by atoms with van der Waals surface area (Å²) in [4.78, 5) is 0. The molecule has 2 aromatic rings. The summed E-state index contributed by atoms with van der Waals surface area (Å²) in [6.07, 6.45) is 5.07. The highest BCUT2D eigenvalue weighted by atomic mass is 35.5. The van der Waals surface area contributed by atoms with Crippen LogP contribution in [0.5, 0.6) is 11.5 Å². The molecule has 0 radical (unpaired) electrons. The van der Waals surface area contributed by atoms with Gasteiger partial charge in [0.05, 0.1) is 5.75 Å². The van der Waals surface area contributed by atoms with E-state index in [4.69, 9.17) is 22.1 Å². The smallest absolute Gasteiger partial charge is 0.307 e. The maximum atomic E-state index is 13.1. The van der Waals surface area contributed by atoms with Crippen LogP contribution in [-0.4, -0.2) is 26.2 Å². The first-order valence-electron chi connectivity index (χ1n) is 8.62. The molecular weight excluding hydrogens is 384 g/mol. The molecule has 2 N–H and O–H groups in total. The van der Waals surface area contributed by atoms with Gasteiger partial charge in [-0.1, -0.05) is 29.8 Å². The summed E-state index contributed by atoms with van der Waals surface area (Å²) in [6, 6.07) is 16.3. The highest BCUT2D eigenvalue weighted by Crippen LogP contribution is 2.39. The van der Waals surface area contributed by atoms with E-state index in [2.05, 4.69) is 0 Å². The zero-order valence-electron chi connectivity index (χ0n) is 15.0. The van der Waals surface area contributed by atoms with Crippen molar-refractivity contribution in [2.45, 2.75) is 12.4 Å². The van der Waals surface area contributed by atoms with Gasteiger partial charge in [0.25, 0.3) is 0 Å². The quantitative estimate of drug-likeness (QED) is 0.446. The van der Waals surface area contributed by atoms with Crippen LogP contribution in [0.15, 0.2) is 78.5 Å². The minimum atomic E-state index is -3.62. The van der Waals surface area contributed by atoms with Gasteiger partial charge in [-0.25, -0.2) is 0 Å². The maximum Gasteiger partial charge on any atom is 0.307 e. The second-order valence-electron chi connectivity index (χ2n) is 6.13. The third kappa shape index (κ3) is 3.66. The molecule has 0 aliphatic carbocycles. The minimum absolute atomic E-state index is 0.0549. The molecule has 2 atom stereocenters. The monoisotopic (exact) mass is 405 g/mol. The fourth-order valence-corrected chi connectivity index (χ4v) is 5.16. The lowest BCUT2D eigenvalue weighted by molar-refractivity contribution is 0.478. The van der Waals surface area contributed by atoms with Gasteiger partial charge in [0, 0.05) is 24.3 Å². The zero-order chi connectivity index (χ0) is 19.5. The molecule has 7 heteroatoms. The Morgan fingerprint density at radius 3 is 2.30 bits per heavy atom. The van der Waals surface area contributed by atoms with E-state index in [9.17, 15) is 8.42 Å². The Kier molecular flexibility index (Phi) is 5.72. The van der Waals surface area contributed by atoms with E-state index in [0.717, 1.165) is 0 Å². The van der Waals surface area contributed by atoms with E-state index in [-0.39, 0.29) is 12.3 Å². The number of nitrogens with two attached hydrogens (primary N) is 1. The van der Waals surface area contributed by atoms with Gasteiger partial charge >= 0.3 is 10.0 Å². The summed E-state index contributed by atoms with van der Waals surface area (Å²) in [6.45, 7) is 1.84. The van der Waals surface area contributed by atoms with Gasteiger partial charge in [-0.2, -0.15) is 8.42 Å². The molecule has 0 bridgehead atoms. The summed E-state index contributed by atoms with van der Waals surface area (Å²) in [5.41, 5.74) is 6.22. The topological polar surface area (TPSA) is 69.4 Å². The lowest BCUT2D eigenvalue weighted by Crippen LogP contribution is -2.55. The van der Waals surface area contributed by atoms with Crippen molar-refractivity contribution in [3.05, 3.63) is 78.5 Å². The highest BCUT2D eigenvalue weighted by molar-refractivity contribution is 7.91. The molecule has 0 spiro atoms. The van der Waals surface area contributed by atoms with Gasteiger partial charge in [0.15, 0.2) is 5.69 Å². The number of para-hydroxylation sites is 1. The number of sulfonamides is 1. The van der Waals surface area contributed by atoms with Crippen LogP contribution >= 0.6 is 11.6 Å². The standard InChI is InChI=1S/C20H22ClN2O3S/c1-2-27(24,25)23(15-16(14-22)8-13-20(23)21)17-9-11-19(12-10-17)26-18-6-4-3-5-7-18/h3-13,15,20H,2,14,22H2,1H3/q+1. The fourth-order valence-electron chi connectivity index (χ4n) is 3.01. The van der Waals surface area contributed by atoms with Crippen LogP contribution in [0.2, 0.25) is 0 Å².